The summed E-state index contributed by atoms with van der Waals surface area (Å²) >= 11 is 0. The lowest BCUT2D eigenvalue weighted by molar-refractivity contribution is 0.670. The minimum atomic E-state index is 0.836. The van der Waals surface area contributed by atoms with Gasteiger partial charge in [-0.25, -0.2) is 0 Å². The molecule has 11 aromatic carbocycles. The minimum absolute atomic E-state index is 0.836. The van der Waals surface area contributed by atoms with Gasteiger partial charge in [-0.05, 0) is 109 Å². The number of anilines is 3. The average molecular weight is 804 g/mol. The molecule has 3 heteroatoms. The molecule has 2 aromatic heterocycles. The van der Waals surface area contributed by atoms with Gasteiger partial charge < -0.3 is 13.7 Å². The molecule has 2 heterocycles. The molecule has 0 unspecified atom stereocenters. The van der Waals surface area contributed by atoms with Crippen molar-refractivity contribution >= 4 is 93.3 Å². The lowest BCUT2D eigenvalue weighted by atomic mass is 9.93. The smallest absolute Gasteiger partial charge is 0.143 e. The molecular weight excluding hydrogens is 767 g/mol. The second-order valence-corrected chi connectivity index (χ2v) is 16.4. The number of hydrogen-bond donors (Lipinski definition) is 0. The Morgan fingerprint density at radius 1 is 0.286 bits per heavy atom. The molecule has 13 aromatic rings. The van der Waals surface area contributed by atoms with Gasteiger partial charge >= 0.3 is 0 Å². The standard InChI is InChI=1S/C60H37NO2/c1-2-12-38(13-3-1)41-24-26-42(27-25-41)45-30-33-49-51-20-10-21-52(59(51)63-57(49)36-45)53-37-54-58-55(22-11-23-56(58)62-60(54)50-19-9-8-18-48(50)53)61(46-31-28-39-14-4-6-16-43(39)34-46)47-32-29-40-15-5-7-17-44(40)35-47/h1-37H. The number of furan rings is 2. The van der Waals surface area contributed by atoms with Crippen LogP contribution in [-0.2, 0) is 0 Å². The topological polar surface area (TPSA) is 29.5 Å². The van der Waals surface area contributed by atoms with Crippen molar-refractivity contribution < 1.29 is 8.83 Å². The van der Waals surface area contributed by atoms with Crippen LogP contribution in [-0.4, -0.2) is 0 Å². The van der Waals surface area contributed by atoms with Gasteiger partial charge in [0.15, 0.2) is 0 Å². The van der Waals surface area contributed by atoms with Crippen LogP contribution in [0.1, 0.15) is 0 Å². The number of fused-ring (bicyclic) bond motifs is 10. The molecule has 0 aliphatic heterocycles. The predicted molar refractivity (Wildman–Crippen MR) is 265 cm³/mol. The van der Waals surface area contributed by atoms with Gasteiger partial charge in [0.05, 0.1) is 11.1 Å². The van der Waals surface area contributed by atoms with Crippen molar-refractivity contribution in [1.82, 2.24) is 0 Å². The van der Waals surface area contributed by atoms with Crippen LogP contribution in [0, 0.1) is 0 Å². The Balaban J connectivity index is 1.01. The van der Waals surface area contributed by atoms with Crippen LogP contribution < -0.4 is 4.90 Å². The van der Waals surface area contributed by atoms with E-state index in [2.05, 4.69) is 229 Å². The molecule has 0 spiro atoms. The van der Waals surface area contributed by atoms with Crippen LogP contribution in [0.3, 0.4) is 0 Å². The van der Waals surface area contributed by atoms with Crippen molar-refractivity contribution in [2.45, 2.75) is 0 Å². The summed E-state index contributed by atoms with van der Waals surface area (Å²) in [6, 6.07) is 80.4. The van der Waals surface area contributed by atoms with Crippen molar-refractivity contribution in [2.24, 2.45) is 0 Å². The normalized spacial score (nSPS) is 11.8. The third kappa shape index (κ3) is 5.75. The van der Waals surface area contributed by atoms with Gasteiger partial charge in [0.2, 0.25) is 0 Å². The van der Waals surface area contributed by atoms with Crippen LogP contribution >= 0.6 is 0 Å². The molecule has 0 aliphatic carbocycles. The Labute approximate surface area is 363 Å². The summed E-state index contributed by atoms with van der Waals surface area (Å²) in [5.74, 6) is 0. The van der Waals surface area contributed by atoms with Crippen molar-refractivity contribution in [2.75, 3.05) is 4.90 Å². The summed E-state index contributed by atoms with van der Waals surface area (Å²) < 4.78 is 13.9. The van der Waals surface area contributed by atoms with Crippen LogP contribution in [0.25, 0.3) is 110 Å². The van der Waals surface area contributed by atoms with Gasteiger partial charge in [-0.3, -0.25) is 0 Å². The number of para-hydroxylation sites is 1. The zero-order valence-electron chi connectivity index (χ0n) is 34.1. The molecule has 0 amide bonds. The minimum Gasteiger partial charge on any atom is -0.455 e. The molecule has 13 rings (SSSR count). The third-order valence-electron chi connectivity index (χ3n) is 12.8. The van der Waals surface area contributed by atoms with Crippen LogP contribution in [0.4, 0.5) is 17.1 Å². The van der Waals surface area contributed by atoms with Crippen molar-refractivity contribution in [3.63, 3.8) is 0 Å². The first kappa shape index (κ1) is 35.4. The summed E-state index contributed by atoms with van der Waals surface area (Å²) in [6.45, 7) is 0. The number of benzene rings is 11. The number of hydrogen-bond acceptors (Lipinski definition) is 3. The predicted octanol–water partition coefficient (Wildman–Crippen LogP) is 17.4. The van der Waals surface area contributed by atoms with Gasteiger partial charge in [-0.2, -0.15) is 0 Å². The summed E-state index contributed by atoms with van der Waals surface area (Å²) in [5.41, 5.74) is 13.5. The fourth-order valence-corrected chi connectivity index (χ4v) is 9.77. The highest BCUT2D eigenvalue weighted by molar-refractivity contribution is 6.24. The fourth-order valence-electron chi connectivity index (χ4n) is 9.77. The molecule has 294 valence electrons. The molecule has 0 atom stereocenters. The third-order valence-corrected chi connectivity index (χ3v) is 12.8. The number of nitrogens with zero attached hydrogens (tertiary/aromatic N) is 1. The maximum Gasteiger partial charge on any atom is 0.143 e. The summed E-state index contributed by atoms with van der Waals surface area (Å²) in [5, 5.41) is 11.2. The van der Waals surface area contributed by atoms with Crippen molar-refractivity contribution in [3.05, 3.63) is 224 Å². The van der Waals surface area contributed by atoms with Crippen molar-refractivity contribution in [3.8, 4) is 33.4 Å². The second-order valence-electron chi connectivity index (χ2n) is 16.4. The molecular formula is C60H37NO2. The summed E-state index contributed by atoms with van der Waals surface area (Å²) in [7, 11) is 0. The first-order chi connectivity index (χ1) is 31.2. The van der Waals surface area contributed by atoms with Gasteiger partial charge in [0, 0.05) is 38.5 Å². The molecule has 0 aliphatic rings. The van der Waals surface area contributed by atoms with E-state index in [1.807, 2.05) is 0 Å². The van der Waals surface area contributed by atoms with Gasteiger partial charge in [-0.15, -0.1) is 0 Å². The molecule has 0 N–H and O–H groups in total. The maximum absolute atomic E-state index is 6.94. The van der Waals surface area contributed by atoms with E-state index in [4.69, 9.17) is 8.83 Å². The highest BCUT2D eigenvalue weighted by Crippen LogP contribution is 2.48. The fraction of sp³-hybridized carbons (Fsp3) is 0. The Morgan fingerprint density at radius 3 is 1.57 bits per heavy atom. The van der Waals surface area contributed by atoms with Gasteiger partial charge in [-0.1, -0.05) is 170 Å². The molecule has 63 heavy (non-hydrogen) atoms. The van der Waals surface area contributed by atoms with E-state index in [-0.39, 0.29) is 0 Å². The van der Waals surface area contributed by atoms with Crippen LogP contribution in [0.2, 0.25) is 0 Å². The monoisotopic (exact) mass is 803 g/mol. The van der Waals surface area contributed by atoms with Gasteiger partial charge in [0.1, 0.15) is 22.3 Å². The summed E-state index contributed by atoms with van der Waals surface area (Å²) in [6.07, 6.45) is 0. The highest BCUT2D eigenvalue weighted by atomic mass is 16.3. The Hall–Kier alpha value is -8.40. The zero-order valence-corrected chi connectivity index (χ0v) is 34.1. The molecule has 0 radical (unpaired) electrons. The van der Waals surface area contributed by atoms with Crippen molar-refractivity contribution in [1.29, 1.82) is 0 Å². The molecule has 0 saturated heterocycles. The Bertz CT molecular complexity index is 3830. The van der Waals surface area contributed by atoms with E-state index in [0.29, 0.717) is 0 Å². The van der Waals surface area contributed by atoms with E-state index in [1.54, 1.807) is 0 Å². The lowest BCUT2D eigenvalue weighted by Gasteiger charge is -2.27. The van der Waals surface area contributed by atoms with E-state index in [9.17, 15) is 0 Å². The molecule has 3 nitrogen and oxygen atoms in total. The molecule has 0 fully saturated rings. The Morgan fingerprint density at radius 2 is 0.841 bits per heavy atom. The first-order valence-electron chi connectivity index (χ1n) is 21.5. The second kappa shape index (κ2) is 14.1. The molecule has 0 saturated carbocycles. The first-order valence-corrected chi connectivity index (χ1v) is 21.5. The Kier molecular flexibility index (Phi) is 7.91. The van der Waals surface area contributed by atoms with E-state index >= 15 is 0 Å². The number of rotatable bonds is 6. The highest BCUT2D eigenvalue weighted by Gasteiger charge is 2.23. The van der Waals surface area contributed by atoms with Gasteiger partial charge in [0.25, 0.3) is 0 Å². The van der Waals surface area contributed by atoms with E-state index in [0.717, 1.165) is 94.0 Å². The maximum atomic E-state index is 6.94. The lowest BCUT2D eigenvalue weighted by Crippen LogP contribution is -2.10. The largest absolute Gasteiger partial charge is 0.455 e. The summed E-state index contributed by atoms with van der Waals surface area (Å²) in [4.78, 5) is 2.39. The average Bonchev–Trinajstić information content (AvgIpc) is 3.93. The molecule has 0 bridgehead atoms. The van der Waals surface area contributed by atoms with E-state index < -0.39 is 0 Å². The van der Waals surface area contributed by atoms with E-state index in [1.165, 1.54) is 32.7 Å². The quantitative estimate of drug-likeness (QED) is 0.168. The zero-order chi connectivity index (χ0) is 41.4. The van der Waals surface area contributed by atoms with Crippen LogP contribution in [0.15, 0.2) is 233 Å². The SMILES string of the molecule is c1ccc(-c2ccc(-c3ccc4c(c3)oc3c(-c5cc6c(oc7cccc(N(c8ccc9ccccc9c8)c8ccc9ccccc9c8)c76)c6ccccc56)cccc34)cc2)cc1. The van der Waals surface area contributed by atoms with Crippen LogP contribution in [0.5, 0.6) is 0 Å².